The van der Waals surface area contributed by atoms with E-state index in [-0.39, 0.29) is 5.91 Å². The Kier molecular flexibility index (Phi) is 3.82. The molecule has 3 nitrogen and oxygen atoms in total. The van der Waals surface area contributed by atoms with Crippen LogP contribution in [0, 0.1) is 22.7 Å². The highest BCUT2D eigenvalue weighted by Gasteiger charge is 2.50. The normalized spacial score (nSPS) is 25.3. The van der Waals surface area contributed by atoms with E-state index < -0.39 is 5.41 Å². The molecule has 1 fully saturated rings. The van der Waals surface area contributed by atoms with Gasteiger partial charge in [0.25, 0.3) is 0 Å². The number of halogens is 1. The Bertz CT molecular complexity index is 529. The smallest absolute Gasteiger partial charge is 0.243 e. The van der Waals surface area contributed by atoms with Gasteiger partial charge in [-0.3, -0.25) is 4.79 Å². The van der Waals surface area contributed by atoms with Crippen molar-refractivity contribution < 1.29 is 4.79 Å². The fourth-order valence-corrected chi connectivity index (χ4v) is 2.96. The summed E-state index contributed by atoms with van der Waals surface area (Å²) in [5.74, 6) is 0.366. The van der Waals surface area contributed by atoms with Crippen molar-refractivity contribution in [2.24, 2.45) is 11.3 Å². The number of hydrogen-bond donors (Lipinski definition) is 0. The lowest BCUT2D eigenvalue weighted by molar-refractivity contribution is -0.144. The lowest BCUT2D eigenvalue weighted by Gasteiger charge is -2.41. The van der Waals surface area contributed by atoms with Crippen molar-refractivity contribution in [2.75, 3.05) is 7.05 Å². The van der Waals surface area contributed by atoms with Gasteiger partial charge in [0.1, 0.15) is 5.41 Å². The van der Waals surface area contributed by atoms with Crippen molar-refractivity contribution in [3.8, 4) is 6.07 Å². The first-order valence-electron chi connectivity index (χ1n) is 6.39. The second kappa shape index (κ2) is 5.22. The number of hydrogen-bond acceptors (Lipinski definition) is 2. The minimum Gasteiger partial charge on any atom is -0.340 e. The maximum Gasteiger partial charge on any atom is 0.243 e. The SMILES string of the molecule is CC1CC(C#N)(C(=O)N(C)Cc2ccccc2Cl)C1. The maximum absolute atomic E-state index is 12.4. The van der Waals surface area contributed by atoms with Crippen molar-refractivity contribution in [3.63, 3.8) is 0 Å². The van der Waals surface area contributed by atoms with Crippen LogP contribution in [-0.4, -0.2) is 17.9 Å². The van der Waals surface area contributed by atoms with E-state index in [9.17, 15) is 10.1 Å². The van der Waals surface area contributed by atoms with E-state index >= 15 is 0 Å². The first kappa shape index (κ1) is 13.9. The van der Waals surface area contributed by atoms with Crippen molar-refractivity contribution in [3.05, 3.63) is 34.9 Å². The molecule has 0 unspecified atom stereocenters. The van der Waals surface area contributed by atoms with E-state index in [4.69, 9.17) is 11.6 Å². The van der Waals surface area contributed by atoms with Gasteiger partial charge in [-0.2, -0.15) is 5.26 Å². The van der Waals surface area contributed by atoms with Crippen LogP contribution in [0.2, 0.25) is 5.02 Å². The van der Waals surface area contributed by atoms with Crippen LogP contribution in [0.4, 0.5) is 0 Å². The number of amides is 1. The fraction of sp³-hybridized carbons (Fsp3) is 0.467. The lowest BCUT2D eigenvalue weighted by atomic mass is 9.63. The van der Waals surface area contributed by atoms with Crippen molar-refractivity contribution in [2.45, 2.75) is 26.3 Å². The molecule has 0 saturated heterocycles. The zero-order valence-electron chi connectivity index (χ0n) is 11.2. The van der Waals surface area contributed by atoms with E-state index in [1.807, 2.05) is 18.2 Å². The predicted octanol–water partition coefficient (Wildman–Crippen LogP) is 3.24. The fourth-order valence-electron chi connectivity index (χ4n) is 2.76. The monoisotopic (exact) mass is 276 g/mol. The highest BCUT2D eigenvalue weighted by molar-refractivity contribution is 6.31. The number of carbonyl (C=O) groups excluding carboxylic acids is 1. The molecule has 19 heavy (non-hydrogen) atoms. The minimum absolute atomic E-state index is 0.0898. The summed E-state index contributed by atoms with van der Waals surface area (Å²) in [4.78, 5) is 14.0. The van der Waals surface area contributed by atoms with Crippen LogP contribution in [0.15, 0.2) is 24.3 Å². The third kappa shape index (κ3) is 2.59. The Morgan fingerprint density at radius 3 is 2.68 bits per heavy atom. The molecule has 0 aliphatic heterocycles. The largest absolute Gasteiger partial charge is 0.340 e. The molecule has 1 aromatic carbocycles. The number of rotatable bonds is 3. The van der Waals surface area contributed by atoms with E-state index in [0.29, 0.717) is 30.3 Å². The molecular weight excluding hydrogens is 260 g/mol. The van der Waals surface area contributed by atoms with Crippen molar-refractivity contribution >= 4 is 17.5 Å². The molecule has 1 aromatic rings. The molecule has 0 atom stereocenters. The van der Waals surface area contributed by atoms with Gasteiger partial charge >= 0.3 is 0 Å². The first-order chi connectivity index (χ1) is 8.98. The molecule has 1 saturated carbocycles. The van der Waals surface area contributed by atoms with Gasteiger partial charge in [0.15, 0.2) is 0 Å². The summed E-state index contributed by atoms with van der Waals surface area (Å²) in [7, 11) is 1.73. The zero-order chi connectivity index (χ0) is 14.0. The highest BCUT2D eigenvalue weighted by Crippen LogP contribution is 2.46. The quantitative estimate of drug-likeness (QED) is 0.851. The third-order valence-electron chi connectivity index (χ3n) is 3.73. The molecule has 1 aliphatic carbocycles. The molecule has 0 heterocycles. The Morgan fingerprint density at radius 1 is 1.53 bits per heavy atom. The van der Waals surface area contributed by atoms with Gasteiger partial charge in [-0.25, -0.2) is 0 Å². The Hall–Kier alpha value is -1.53. The van der Waals surface area contributed by atoms with E-state index in [2.05, 4.69) is 13.0 Å². The van der Waals surface area contributed by atoms with Crippen LogP contribution in [-0.2, 0) is 11.3 Å². The summed E-state index contributed by atoms with van der Waals surface area (Å²) in [5, 5.41) is 9.92. The van der Waals surface area contributed by atoms with Crippen molar-refractivity contribution in [1.82, 2.24) is 4.90 Å². The van der Waals surface area contributed by atoms with Crippen LogP contribution in [0.3, 0.4) is 0 Å². The Morgan fingerprint density at radius 2 is 2.16 bits per heavy atom. The van der Waals surface area contributed by atoms with E-state index in [0.717, 1.165) is 5.56 Å². The van der Waals surface area contributed by atoms with Gasteiger partial charge < -0.3 is 4.90 Å². The summed E-state index contributed by atoms with van der Waals surface area (Å²) in [6.45, 7) is 2.51. The minimum atomic E-state index is -0.810. The predicted molar refractivity (Wildman–Crippen MR) is 74.4 cm³/mol. The number of benzene rings is 1. The van der Waals surface area contributed by atoms with Crippen LogP contribution >= 0.6 is 11.6 Å². The number of nitriles is 1. The summed E-state index contributed by atoms with van der Waals surface area (Å²) in [6, 6.07) is 9.66. The molecule has 0 spiro atoms. The highest BCUT2D eigenvalue weighted by atomic mass is 35.5. The second-order valence-electron chi connectivity index (χ2n) is 5.46. The average molecular weight is 277 g/mol. The standard InChI is InChI=1S/C15H17ClN2O/c1-11-7-15(8-11,10-17)14(19)18(2)9-12-5-3-4-6-13(12)16/h3-6,11H,7-9H2,1-2H3. The zero-order valence-corrected chi connectivity index (χ0v) is 11.9. The van der Waals surface area contributed by atoms with Crippen LogP contribution in [0.25, 0.3) is 0 Å². The van der Waals surface area contributed by atoms with Gasteiger partial charge in [0.05, 0.1) is 6.07 Å². The summed E-state index contributed by atoms with van der Waals surface area (Å²) in [5.41, 5.74) is 0.0931. The van der Waals surface area contributed by atoms with Gasteiger partial charge in [-0.15, -0.1) is 0 Å². The number of nitrogens with zero attached hydrogens (tertiary/aromatic N) is 2. The molecule has 0 N–H and O–H groups in total. The summed E-state index contributed by atoms with van der Waals surface area (Å²) in [6.07, 6.45) is 1.32. The third-order valence-corrected chi connectivity index (χ3v) is 4.10. The van der Waals surface area contributed by atoms with Gasteiger partial charge in [0.2, 0.25) is 5.91 Å². The molecule has 1 aliphatic rings. The molecule has 2 rings (SSSR count). The maximum atomic E-state index is 12.4. The van der Waals surface area contributed by atoms with Gasteiger partial charge in [-0.05, 0) is 30.4 Å². The topological polar surface area (TPSA) is 44.1 Å². The van der Waals surface area contributed by atoms with Crippen LogP contribution in [0.5, 0.6) is 0 Å². The molecule has 100 valence electrons. The van der Waals surface area contributed by atoms with Crippen LogP contribution in [0.1, 0.15) is 25.3 Å². The molecule has 4 heteroatoms. The Balaban J connectivity index is 2.09. The molecule has 0 bridgehead atoms. The Labute approximate surface area is 118 Å². The van der Waals surface area contributed by atoms with Gasteiger partial charge in [0, 0.05) is 18.6 Å². The van der Waals surface area contributed by atoms with E-state index in [1.165, 1.54) is 0 Å². The van der Waals surface area contributed by atoms with E-state index in [1.54, 1.807) is 18.0 Å². The lowest BCUT2D eigenvalue weighted by Crippen LogP contribution is -2.48. The van der Waals surface area contributed by atoms with Crippen molar-refractivity contribution in [1.29, 1.82) is 5.26 Å². The number of carbonyl (C=O) groups is 1. The average Bonchev–Trinajstić information content (AvgIpc) is 2.36. The second-order valence-corrected chi connectivity index (χ2v) is 5.87. The molecular formula is C15H17ClN2O. The van der Waals surface area contributed by atoms with Gasteiger partial charge in [-0.1, -0.05) is 36.7 Å². The van der Waals surface area contributed by atoms with Crippen LogP contribution < -0.4 is 0 Å². The summed E-state index contributed by atoms with van der Waals surface area (Å²) < 4.78 is 0. The molecule has 1 amide bonds. The first-order valence-corrected chi connectivity index (χ1v) is 6.76. The molecule has 0 radical (unpaired) electrons. The summed E-state index contributed by atoms with van der Waals surface area (Å²) >= 11 is 6.09. The molecule has 0 aromatic heterocycles.